The van der Waals surface area contributed by atoms with E-state index in [0.29, 0.717) is 39.3 Å². The highest BCUT2D eigenvalue weighted by molar-refractivity contribution is 5.74. The highest BCUT2D eigenvalue weighted by Gasteiger charge is 2.22. The summed E-state index contributed by atoms with van der Waals surface area (Å²) in [6.07, 6.45) is 0. The molecule has 1 fully saturated rings. The van der Waals surface area contributed by atoms with Crippen molar-refractivity contribution in [1.29, 1.82) is 0 Å². The number of methoxy groups -OCH3 is 1. The summed E-state index contributed by atoms with van der Waals surface area (Å²) in [6.45, 7) is 3.72. The first-order valence-electron chi connectivity index (χ1n) is 8.80. The lowest BCUT2D eigenvalue weighted by Crippen LogP contribution is -2.51. The molecule has 0 aromatic heterocycles. The summed E-state index contributed by atoms with van der Waals surface area (Å²) in [7, 11) is 1.67. The van der Waals surface area contributed by atoms with Crippen molar-refractivity contribution in [2.45, 2.75) is 13.2 Å². The smallest absolute Gasteiger partial charge is 0.317 e. The van der Waals surface area contributed by atoms with Gasteiger partial charge in [0.15, 0.2) is 0 Å². The third kappa shape index (κ3) is 4.46. The number of piperazine rings is 1. The maximum absolute atomic E-state index is 12.4. The van der Waals surface area contributed by atoms with Crippen molar-refractivity contribution in [2.75, 3.05) is 38.2 Å². The number of urea groups is 1. The van der Waals surface area contributed by atoms with Crippen molar-refractivity contribution in [3.63, 3.8) is 0 Å². The van der Waals surface area contributed by atoms with E-state index >= 15 is 0 Å². The standard InChI is InChI=1S/C20H25N3O3/c1-26-15-17-6-4-5-16(13-17)14-21-20(25)23-11-9-22(10-12-23)18-7-2-3-8-19(18)24/h2-8,13,24H,9-12,14-15H2,1H3,(H,21,25). The summed E-state index contributed by atoms with van der Waals surface area (Å²) >= 11 is 0. The second kappa shape index (κ2) is 8.58. The number of nitrogens with zero attached hydrogens (tertiary/aromatic N) is 2. The van der Waals surface area contributed by atoms with Crippen LogP contribution in [0.1, 0.15) is 11.1 Å². The van der Waals surface area contributed by atoms with Crippen LogP contribution >= 0.6 is 0 Å². The van der Waals surface area contributed by atoms with Crippen molar-refractivity contribution in [1.82, 2.24) is 10.2 Å². The maximum atomic E-state index is 12.4. The zero-order valence-electron chi connectivity index (χ0n) is 15.0. The van der Waals surface area contributed by atoms with Crippen LogP contribution in [0.2, 0.25) is 0 Å². The maximum Gasteiger partial charge on any atom is 0.317 e. The van der Waals surface area contributed by atoms with Gasteiger partial charge in [0.2, 0.25) is 0 Å². The van der Waals surface area contributed by atoms with E-state index in [2.05, 4.69) is 10.2 Å². The molecule has 0 saturated carbocycles. The molecule has 2 aromatic carbocycles. The Morgan fingerprint density at radius 1 is 1.08 bits per heavy atom. The number of benzene rings is 2. The summed E-state index contributed by atoms with van der Waals surface area (Å²) in [5.41, 5.74) is 2.97. The van der Waals surface area contributed by atoms with Crippen molar-refractivity contribution < 1.29 is 14.6 Å². The Hall–Kier alpha value is -2.73. The number of ether oxygens (including phenoxy) is 1. The first kappa shape index (κ1) is 18.1. The fourth-order valence-electron chi connectivity index (χ4n) is 3.17. The molecule has 2 amide bonds. The van der Waals surface area contributed by atoms with Gasteiger partial charge >= 0.3 is 6.03 Å². The number of amides is 2. The molecule has 2 N–H and O–H groups in total. The van der Waals surface area contributed by atoms with Crippen LogP contribution in [0.25, 0.3) is 0 Å². The van der Waals surface area contributed by atoms with Gasteiger partial charge in [0, 0.05) is 39.8 Å². The van der Waals surface area contributed by atoms with Gasteiger partial charge in [-0.1, -0.05) is 36.4 Å². The second-order valence-corrected chi connectivity index (χ2v) is 6.37. The van der Waals surface area contributed by atoms with Crippen molar-refractivity contribution in [3.8, 4) is 5.75 Å². The molecule has 0 unspecified atom stereocenters. The molecule has 0 atom stereocenters. The Morgan fingerprint density at radius 3 is 2.54 bits per heavy atom. The molecule has 1 aliphatic heterocycles. The van der Waals surface area contributed by atoms with E-state index in [4.69, 9.17) is 4.74 Å². The molecule has 1 aliphatic rings. The Kier molecular flexibility index (Phi) is 5.96. The number of phenolic OH excluding ortho intramolecular Hbond substituents is 1. The van der Waals surface area contributed by atoms with Gasteiger partial charge < -0.3 is 25.0 Å². The largest absolute Gasteiger partial charge is 0.506 e. The number of anilines is 1. The minimum absolute atomic E-state index is 0.0564. The van der Waals surface area contributed by atoms with Crippen molar-refractivity contribution in [2.24, 2.45) is 0 Å². The average molecular weight is 355 g/mol. The van der Waals surface area contributed by atoms with E-state index in [9.17, 15) is 9.90 Å². The lowest BCUT2D eigenvalue weighted by Gasteiger charge is -2.36. The molecule has 26 heavy (non-hydrogen) atoms. The van der Waals surface area contributed by atoms with Crippen LogP contribution in [0, 0.1) is 0 Å². The quantitative estimate of drug-likeness (QED) is 0.865. The van der Waals surface area contributed by atoms with Gasteiger partial charge in [-0.05, 0) is 23.3 Å². The molecule has 138 valence electrons. The molecule has 6 heteroatoms. The number of rotatable bonds is 5. The Labute approximate surface area is 154 Å². The van der Waals surface area contributed by atoms with Crippen LogP contribution in [0.4, 0.5) is 10.5 Å². The van der Waals surface area contributed by atoms with Crippen LogP contribution in [-0.2, 0) is 17.9 Å². The zero-order valence-corrected chi connectivity index (χ0v) is 15.0. The normalized spacial score (nSPS) is 14.3. The minimum atomic E-state index is -0.0564. The molecule has 0 radical (unpaired) electrons. The molecule has 1 heterocycles. The van der Waals surface area contributed by atoms with E-state index < -0.39 is 0 Å². The van der Waals surface area contributed by atoms with E-state index in [0.717, 1.165) is 16.8 Å². The Morgan fingerprint density at radius 2 is 1.81 bits per heavy atom. The van der Waals surface area contributed by atoms with Gasteiger partial charge in [0.1, 0.15) is 5.75 Å². The molecule has 0 bridgehead atoms. The summed E-state index contributed by atoms with van der Waals surface area (Å²) < 4.78 is 5.14. The summed E-state index contributed by atoms with van der Waals surface area (Å²) in [5.74, 6) is 0.279. The number of nitrogens with one attached hydrogen (secondary N) is 1. The fraction of sp³-hybridized carbons (Fsp3) is 0.350. The van der Waals surface area contributed by atoms with Gasteiger partial charge in [-0.2, -0.15) is 0 Å². The van der Waals surface area contributed by atoms with Gasteiger partial charge in [-0.25, -0.2) is 4.79 Å². The first-order valence-corrected chi connectivity index (χ1v) is 8.80. The Bertz CT molecular complexity index is 743. The predicted molar refractivity (Wildman–Crippen MR) is 101 cm³/mol. The second-order valence-electron chi connectivity index (χ2n) is 6.37. The van der Waals surface area contributed by atoms with Crippen LogP contribution in [0.15, 0.2) is 48.5 Å². The van der Waals surface area contributed by atoms with Gasteiger partial charge in [0.05, 0.1) is 12.3 Å². The summed E-state index contributed by atoms with van der Waals surface area (Å²) in [6, 6.07) is 15.3. The molecule has 3 rings (SSSR count). The third-order valence-electron chi connectivity index (χ3n) is 4.54. The number of carbonyl (C=O) groups is 1. The van der Waals surface area contributed by atoms with E-state index in [1.807, 2.05) is 47.4 Å². The fourth-order valence-corrected chi connectivity index (χ4v) is 3.17. The van der Waals surface area contributed by atoms with E-state index in [1.165, 1.54) is 0 Å². The van der Waals surface area contributed by atoms with Crippen LogP contribution in [0.3, 0.4) is 0 Å². The lowest BCUT2D eigenvalue weighted by atomic mass is 10.1. The van der Waals surface area contributed by atoms with Crippen LogP contribution in [0.5, 0.6) is 5.75 Å². The molecule has 0 spiro atoms. The van der Waals surface area contributed by atoms with E-state index in [-0.39, 0.29) is 11.8 Å². The summed E-state index contributed by atoms with van der Waals surface area (Å²) in [5, 5.41) is 12.9. The minimum Gasteiger partial charge on any atom is -0.506 e. The molecule has 6 nitrogen and oxygen atoms in total. The number of para-hydroxylation sites is 2. The number of hydrogen-bond acceptors (Lipinski definition) is 4. The van der Waals surface area contributed by atoms with E-state index in [1.54, 1.807) is 13.2 Å². The Balaban J connectivity index is 1.49. The number of phenols is 1. The van der Waals surface area contributed by atoms with Crippen molar-refractivity contribution >= 4 is 11.7 Å². The monoisotopic (exact) mass is 355 g/mol. The van der Waals surface area contributed by atoms with Gasteiger partial charge in [0.25, 0.3) is 0 Å². The number of hydrogen-bond donors (Lipinski definition) is 2. The molecule has 1 saturated heterocycles. The zero-order chi connectivity index (χ0) is 18.4. The van der Waals surface area contributed by atoms with Gasteiger partial charge in [-0.3, -0.25) is 0 Å². The molecule has 2 aromatic rings. The van der Waals surface area contributed by atoms with Crippen LogP contribution < -0.4 is 10.2 Å². The number of aromatic hydroxyl groups is 1. The molecular weight excluding hydrogens is 330 g/mol. The van der Waals surface area contributed by atoms with Gasteiger partial charge in [-0.15, -0.1) is 0 Å². The number of carbonyl (C=O) groups excluding carboxylic acids is 1. The first-order chi connectivity index (χ1) is 12.7. The summed E-state index contributed by atoms with van der Waals surface area (Å²) in [4.78, 5) is 16.3. The lowest BCUT2D eigenvalue weighted by molar-refractivity contribution is 0.185. The predicted octanol–water partition coefficient (Wildman–Crippen LogP) is 2.57. The van der Waals surface area contributed by atoms with Crippen molar-refractivity contribution in [3.05, 3.63) is 59.7 Å². The topological polar surface area (TPSA) is 65.0 Å². The molecular formula is C20H25N3O3. The third-order valence-corrected chi connectivity index (χ3v) is 4.54. The van der Waals surface area contributed by atoms with Crippen LogP contribution in [-0.4, -0.2) is 49.3 Å². The molecule has 0 aliphatic carbocycles. The highest BCUT2D eigenvalue weighted by atomic mass is 16.5. The highest BCUT2D eigenvalue weighted by Crippen LogP contribution is 2.27. The average Bonchev–Trinajstić information content (AvgIpc) is 2.67. The SMILES string of the molecule is COCc1cccc(CNC(=O)N2CCN(c3ccccc3O)CC2)c1.